The quantitative estimate of drug-likeness (QED) is 0.336. The molecule has 1 atom stereocenters. The molecule has 1 aliphatic heterocycles. The molecule has 6 heteroatoms. The highest BCUT2D eigenvalue weighted by molar-refractivity contribution is 14.0. The Balaban J connectivity index is 0.00000256. The van der Waals surface area contributed by atoms with Gasteiger partial charge in [-0.05, 0) is 12.3 Å². The zero-order valence-electron chi connectivity index (χ0n) is 10.2. The van der Waals surface area contributed by atoms with E-state index in [-0.39, 0.29) is 29.9 Å². The maximum Gasteiger partial charge on any atom is 0.222 e. The number of amides is 1. The number of guanidine groups is 1. The van der Waals surface area contributed by atoms with Gasteiger partial charge in [-0.1, -0.05) is 6.08 Å². The number of aliphatic imine (C=N–C) groups is 1. The second-order valence-corrected chi connectivity index (χ2v) is 4.07. The summed E-state index contributed by atoms with van der Waals surface area (Å²) in [4.78, 5) is 17.4. The number of halogens is 1. The lowest BCUT2D eigenvalue weighted by Gasteiger charge is -2.27. The van der Waals surface area contributed by atoms with Crippen molar-refractivity contribution < 1.29 is 4.79 Å². The smallest absolute Gasteiger partial charge is 0.222 e. The Bertz CT molecular complexity index is 293. The van der Waals surface area contributed by atoms with E-state index in [9.17, 15) is 4.79 Å². The molecule has 0 aromatic heterocycles. The van der Waals surface area contributed by atoms with Crippen LogP contribution >= 0.6 is 24.0 Å². The minimum Gasteiger partial charge on any atom is -0.370 e. The van der Waals surface area contributed by atoms with Crippen LogP contribution in [0.1, 0.15) is 12.8 Å². The Morgan fingerprint density at radius 2 is 2.47 bits per heavy atom. The van der Waals surface area contributed by atoms with Crippen LogP contribution in [0, 0.1) is 5.92 Å². The summed E-state index contributed by atoms with van der Waals surface area (Å²) in [5.41, 5.74) is 5.63. The molecule has 1 unspecified atom stereocenters. The molecular formula is C11H21IN4O. The minimum absolute atomic E-state index is 0. The van der Waals surface area contributed by atoms with E-state index in [0.717, 1.165) is 13.0 Å². The molecule has 1 amide bonds. The Morgan fingerprint density at radius 1 is 1.76 bits per heavy atom. The highest BCUT2D eigenvalue weighted by atomic mass is 127. The fourth-order valence-corrected chi connectivity index (χ4v) is 1.62. The molecule has 1 rings (SSSR count). The molecule has 0 aromatic carbocycles. The number of nitrogens with zero attached hydrogens (tertiary/aromatic N) is 2. The number of rotatable bonds is 4. The summed E-state index contributed by atoms with van der Waals surface area (Å²) in [7, 11) is 1.84. The van der Waals surface area contributed by atoms with Gasteiger partial charge in [-0.2, -0.15) is 0 Å². The fraction of sp³-hybridized carbons (Fsp3) is 0.636. The maximum absolute atomic E-state index is 11.4. The van der Waals surface area contributed by atoms with Crippen LogP contribution in [-0.2, 0) is 4.79 Å². The maximum atomic E-state index is 11.4. The van der Waals surface area contributed by atoms with Gasteiger partial charge in [0.05, 0.1) is 0 Å². The zero-order valence-corrected chi connectivity index (χ0v) is 12.5. The average molecular weight is 352 g/mol. The first-order chi connectivity index (χ1) is 7.63. The average Bonchev–Trinajstić information content (AvgIpc) is 2.28. The first-order valence-corrected chi connectivity index (χ1v) is 5.52. The molecule has 1 aliphatic rings. The number of hydrogen-bond acceptors (Lipinski definition) is 2. The highest BCUT2D eigenvalue weighted by Crippen LogP contribution is 2.17. The van der Waals surface area contributed by atoms with Crippen molar-refractivity contribution in [3.8, 4) is 0 Å². The predicted octanol–water partition coefficient (Wildman–Crippen LogP) is 0.563. The van der Waals surface area contributed by atoms with Gasteiger partial charge in [-0.3, -0.25) is 9.79 Å². The molecule has 98 valence electrons. The van der Waals surface area contributed by atoms with Crippen LogP contribution in [0.25, 0.3) is 0 Å². The third-order valence-electron chi connectivity index (χ3n) is 2.71. The van der Waals surface area contributed by atoms with E-state index in [1.165, 1.54) is 0 Å². The van der Waals surface area contributed by atoms with E-state index in [4.69, 9.17) is 5.73 Å². The van der Waals surface area contributed by atoms with E-state index < -0.39 is 0 Å². The second kappa shape index (κ2) is 8.32. The van der Waals surface area contributed by atoms with Gasteiger partial charge >= 0.3 is 0 Å². The van der Waals surface area contributed by atoms with Crippen molar-refractivity contribution in [3.63, 3.8) is 0 Å². The summed E-state index contributed by atoms with van der Waals surface area (Å²) in [5, 5.41) is 2.91. The Morgan fingerprint density at radius 3 is 3.06 bits per heavy atom. The molecule has 1 fully saturated rings. The standard InChI is InChI=1S/C11H20N4O.HI/c1-3-5-13-11(12)14-8-9-4-6-15(2)10(16)7-9;/h3,9H,1,4-8H2,2H3,(H3,12,13,14);1H. The molecule has 5 nitrogen and oxygen atoms in total. The molecule has 0 spiro atoms. The summed E-state index contributed by atoms with van der Waals surface area (Å²) in [6, 6.07) is 0. The van der Waals surface area contributed by atoms with Gasteiger partial charge in [0.15, 0.2) is 5.96 Å². The minimum atomic E-state index is 0. The monoisotopic (exact) mass is 352 g/mol. The van der Waals surface area contributed by atoms with E-state index in [2.05, 4.69) is 16.9 Å². The predicted molar refractivity (Wildman–Crippen MR) is 80.5 cm³/mol. The van der Waals surface area contributed by atoms with Crippen LogP contribution in [-0.4, -0.2) is 43.4 Å². The van der Waals surface area contributed by atoms with Gasteiger partial charge in [0, 0.05) is 33.1 Å². The van der Waals surface area contributed by atoms with Crippen LogP contribution in [0.4, 0.5) is 0 Å². The van der Waals surface area contributed by atoms with Crippen LogP contribution in [0.2, 0.25) is 0 Å². The van der Waals surface area contributed by atoms with Crippen molar-refractivity contribution in [2.24, 2.45) is 16.6 Å². The molecule has 0 aliphatic carbocycles. The lowest BCUT2D eigenvalue weighted by atomic mass is 9.97. The number of nitrogens with two attached hydrogens (primary N) is 1. The number of likely N-dealkylation sites (tertiary alicyclic amines) is 1. The molecule has 0 bridgehead atoms. The molecular weight excluding hydrogens is 331 g/mol. The second-order valence-electron chi connectivity index (χ2n) is 4.07. The van der Waals surface area contributed by atoms with Crippen molar-refractivity contribution in [3.05, 3.63) is 12.7 Å². The summed E-state index contributed by atoms with van der Waals surface area (Å²) in [6.07, 6.45) is 3.30. The Labute approximate surface area is 120 Å². The number of carbonyl (C=O) groups excluding carboxylic acids is 1. The number of nitrogens with one attached hydrogen (secondary N) is 1. The zero-order chi connectivity index (χ0) is 12.0. The summed E-state index contributed by atoms with van der Waals surface area (Å²) < 4.78 is 0. The number of hydrogen-bond donors (Lipinski definition) is 2. The van der Waals surface area contributed by atoms with Crippen molar-refractivity contribution >= 4 is 35.8 Å². The van der Waals surface area contributed by atoms with E-state index in [1.54, 1.807) is 11.0 Å². The van der Waals surface area contributed by atoms with Gasteiger partial charge in [0.25, 0.3) is 0 Å². The topological polar surface area (TPSA) is 70.7 Å². The van der Waals surface area contributed by atoms with Gasteiger partial charge in [0.2, 0.25) is 5.91 Å². The van der Waals surface area contributed by atoms with Crippen molar-refractivity contribution in [1.29, 1.82) is 0 Å². The largest absolute Gasteiger partial charge is 0.370 e. The lowest BCUT2D eigenvalue weighted by molar-refractivity contribution is -0.133. The molecule has 0 aromatic rings. The lowest BCUT2D eigenvalue weighted by Crippen LogP contribution is -2.37. The number of piperidine rings is 1. The van der Waals surface area contributed by atoms with E-state index >= 15 is 0 Å². The van der Waals surface area contributed by atoms with Gasteiger partial charge in [0.1, 0.15) is 0 Å². The van der Waals surface area contributed by atoms with E-state index in [1.807, 2.05) is 7.05 Å². The normalized spacial score (nSPS) is 20.8. The van der Waals surface area contributed by atoms with Crippen molar-refractivity contribution in [1.82, 2.24) is 10.2 Å². The third-order valence-corrected chi connectivity index (χ3v) is 2.71. The molecule has 1 saturated heterocycles. The van der Waals surface area contributed by atoms with Crippen molar-refractivity contribution in [2.75, 3.05) is 26.7 Å². The fourth-order valence-electron chi connectivity index (χ4n) is 1.62. The molecule has 1 heterocycles. The summed E-state index contributed by atoms with van der Waals surface area (Å²) in [5.74, 6) is 0.947. The van der Waals surface area contributed by atoms with Gasteiger partial charge in [-0.15, -0.1) is 30.6 Å². The SMILES string of the molecule is C=CCNC(N)=NCC1CCN(C)C(=O)C1.I. The summed E-state index contributed by atoms with van der Waals surface area (Å²) in [6.45, 7) is 5.63. The van der Waals surface area contributed by atoms with Gasteiger partial charge in [-0.25, -0.2) is 0 Å². The first-order valence-electron chi connectivity index (χ1n) is 5.52. The van der Waals surface area contributed by atoms with E-state index in [0.29, 0.717) is 31.4 Å². The molecule has 0 saturated carbocycles. The van der Waals surface area contributed by atoms with Crippen LogP contribution in [0.5, 0.6) is 0 Å². The molecule has 0 radical (unpaired) electrons. The highest BCUT2D eigenvalue weighted by Gasteiger charge is 2.22. The number of carbonyl (C=O) groups is 1. The molecule has 17 heavy (non-hydrogen) atoms. The third kappa shape index (κ3) is 5.90. The van der Waals surface area contributed by atoms with Crippen LogP contribution in [0.3, 0.4) is 0 Å². The van der Waals surface area contributed by atoms with Crippen molar-refractivity contribution in [2.45, 2.75) is 12.8 Å². The van der Waals surface area contributed by atoms with Crippen LogP contribution < -0.4 is 11.1 Å². The summed E-state index contributed by atoms with van der Waals surface area (Å²) >= 11 is 0. The Kier molecular flexibility index (Phi) is 7.94. The molecule has 3 N–H and O–H groups in total. The Hall–Kier alpha value is -0.790. The van der Waals surface area contributed by atoms with Gasteiger partial charge < -0.3 is 16.0 Å². The van der Waals surface area contributed by atoms with Crippen LogP contribution in [0.15, 0.2) is 17.6 Å². The first kappa shape index (κ1) is 16.2.